The van der Waals surface area contributed by atoms with E-state index >= 15 is 0 Å². The summed E-state index contributed by atoms with van der Waals surface area (Å²) < 4.78 is 7.47. The standard InChI is InChI=1S/C21H31N5O3/c1-3-26-20-17(12-22-26)19(24-16-6-10-29-11-7-16)18(14(2)23-20)13-25-8-4-15(5-9-25)21(27)28/h12,15-16H,3-11,13H2,1-2H3,(H,23,24)(H,27,28). The Hall–Kier alpha value is -2.19. The quantitative estimate of drug-likeness (QED) is 0.769. The van der Waals surface area contributed by atoms with Gasteiger partial charge in [0.25, 0.3) is 0 Å². The minimum absolute atomic E-state index is 0.212. The summed E-state index contributed by atoms with van der Waals surface area (Å²) in [5.74, 6) is -0.881. The second kappa shape index (κ2) is 8.67. The monoisotopic (exact) mass is 401 g/mol. The van der Waals surface area contributed by atoms with Crippen LogP contribution in [0.5, 0.6) is 0 Å². The molecule has 0 saturated carbocycles. The van der Waals surface area contributed by atoms with E-state index < -0.39 is 5.97 Å². The van der Waals surface area contributed by atoms with Crippen molar-refractivity contribution in [2.75, 3.05) is 31.6 Å². The Morgan fingerprint density at radius 2 is 2.00 bits per heavy atom. The number of aliphatic carboxylic acids is 1. The van der Waals surface area contributed by atoms with Crippen molar-refractivity contribution < 1.29 is 14.6 Å². The number of carboxylic acids is 1. The zero-order valence-corrected chi connectivity index (χ0v) is 17.4. The first-order valence-corrected chi connectivity index (χ1v) is 10.7. The number of aryl methyl sites for hydroxylation is 2. The number of hydrogen-bond acceptors (Lipinski definition) is 6. The van der Waals surface area contributed by atoms with Crippen molar-refractivity contribution in [3.8, 4) is 0 Å². The van der Waals surface area contributed by atoms with Gasteiger partial charge in [-0.05, 0) is 52.6 Å². The number of ether oxygens (including phenoxy) is 1. The van der Waals surface area contributed by atoms with Crippen LogP contribution in [0.15, 0.2) is 6.20 Å². The molecule has 0 unspecified atom stereocenters. The normalized spacial score (nSPS) is 19.7. The van der Waals surface area contributed by atoms with Gasteiger partial charge in [-0.3, -0.25) is 9.69 Å². The molecule has 0 bridgehead atoms. The van der Waals surface area contributed by atoms with Gasteiger partial charge < -0.3 is 15.2 Å². The fourth-order valence-electron chi connectivity index (χ4n) is 4.44. The van der Waals surface area contributed by atoms with Crippen LogP contribution in [-0.2, 0) is 22.6 Å². The number of piperidine rings is 1. The molecule has 8 nitrogen and oxygen atoms in total. The topological polar surface area (TPSA) is 92.5 Å². The summed E-state index contributed by atoms with van der Waals surface area (Å²) in [6.07, 6.45) is 5.33. The number of carbonyl (C=O) groups is 1. The molecule has 4 heterocycles. The fraction of sp³-hybridized carbons (Fsp3) is 0.667. The van der Waals surface area contributed by atoms with Gasteiger partial charge in [-0.25, -0.2) is 9.67 Å². The van der Waals surface area contributed by atoms with E-state index in [1.807, 2.05) is 10.9 Å². The molecule has 29 heavy (non-hydrogen) atoms. The van der Waals surface area contributed by atoms with Crippen LogP contribution in [-0.4, -0.2) is 63.1 Å². The highest BCUT2D eigenvalue weighted by Crippen LogP contribution is 2.32. The molecule has 2 fully saturated rings. The number of nitrogens with zero attached hydrogens (tertiary/aromatic N) is 4. The molecule has 0 amide bonds. The number of hydrogen-bond donors (Lipinski definition) is 2. The summed E-state index contributed by atoms with van der Waals surface area (Å²) >= 11 is 0. The van der Waals surface area contributed by atoms with Crippen molar-refractivity contribution in [1.82, 2.24) is 19.7 Å². The third kappa shape index (κ3) is 4.23. The third-order valence-corrected chi connectivity index (χ3v) is 6.28. The van der Waals surface area contributed by atoms with Gasteiger partial charge in [-0.1, -0.05) is 0 Å². The zero-order chi connectivity index (χ0) is 20.4. The Balaban J connectivity index is 1.63. The maximum absolute atomic E-state index is 11.3. The van der Waals surface area contributed by atoms with Crippen LogP contribution < -0.4 is 5.32 Å². The van der Waals surface area contributed by atoms with Crippen LogP contribution in [0.3, 0.4) is 0 Å². The Bertz CT molecular complexity index is 867. The van der Waals surface area contributed by atoms with Gasteiger partial charge >= 0.3 is 5.97 Å². The number of aromatic nitrogens is 3. The first kappa shape index (κ1) is 20.1. The third-order valence-electron chi connectivity index (χ3n) is 6.28. The van der Waals surface area contributed by atoms with Gasteiger partial charge in [0.05, 0.1) is 23.2 Å². The van der Waals surface area contributed by atoms with Gasteiger partial charge in [0, 0.05) is 43.6 Å². The largest absolute Gasteiger partial charge is 0.481 e. The minimum Gasteiger partial charge on any atom is -0.481 e. The van der Waals surface area contributed by atoms with Crippen molar-refractivity contribution >= 4 is 22.7 Å². The summed E-state index contributed by atoms with van der Waals surface area (Å²) in [7, 11) is 0. The Kier molecular flexibility index (Phi) is 6.01. The number of fused-ring (bicyclic) bond motifs is 1. The average molecular weight is 402 g/mol. The molecule has 0 radical (unpaired) electrons. The molecule has 0 atom stereocenters. The summed E-state index contributed by atoms with van der Waals surface area (Å²) in [6.45, 7) is 8.90. The van der Waals surface area contributed by atoms with Crippen molar-refractivity contribution in [2.24, 2.45) is 5.92 Å². The molecule has 2 saturated heterocycles. The molecule has 2 aliphatic heterocycles. The summed E-state index contributed by atoms with van der Waals surface area (Å²) in [5, 5.41) is 18.7. The predicted octanol–water partition coefficient (Wildman–Crippen LogP) is 2.65. The van der Waals surface area contributed by atoms with E-state index in [1.165, 1.54) is 5.56 Å². The van der Waals surface area contributed by atoms with Crippen LogP contribution in [0.1, 0.15) is 43.9 Å². The molecule has 4 rings (SSSR count). The number of rotatable bonds is 6. The Labute approximate surface area is 171 Å². The van der Waals surface area contributed by atoms with Crippen LogP contribution in [0, 0.1) is 12.8 Å². The summed E-state index contributed by atoms with van der Waals surface area (Å²) in [6, 6.07) is 0.384. The number of anilines is 1. The molecular formula is C21H31N5O3. The Morgan fingerprint density at radius 1 is 1.28 bits per heavy atom. The lowest BCUT2D eigenvalue weighted by Crippen LogP contribution is -2.36. The van der Waals surface area contributed by atoms with E-state index in [1.54, 1.807) is 0 Å². The smallest absolute Gasteiger partial charge is 0.306 e. The molecule has 2 N–H and O–H groups in total. The predicted molar refractivity (Wildman–Crippen MR) is 111 cm³/mol. The first-order chi connectivity index (χ1) is 14.1. The SMILES string of the molecule is CCn1ncc2c(NC3CCOCC3)c(CN3CCC(C(=O)O)CC3)c(C)nc21. The van der Waals surface area contributed by atoms with Gasteiger partial charge in [0.2, 0.25) is 0 Å². The molecular weight excluding hydrogens is 370 g/mol. The molecule has 0 aromatic carbocycles. The van der Waals surface area contributed by atoms with E-state index in [9.17, 15) is 9.90 Å². The second-order valence-corrected chi connectivity index (χ2v) is 8.17. The van der Waals surface area contributed by atoms with Crippen molar-refractivity contribution in [3.05, 3.63) is 17.5 Å². The highest BCUT2D eigenvalue weighted by molar-refractivity contribution is 5.91. The van der Waals surface area contributed by atoms with Gasteiger partial charge in [-0.15, -0.1) is 0 Å². The molecule has 8 heteroatoms. The maximum Gasteiger partial charge on any atom is 0.306 e. The lowest BCUT2D eigenvalue weighted by Gasteiger charge is -2.32. The van der Waals surface area contributed by atoms with Crippen LogP contribution in [0.4, 0.5) is 5.69 Å². The molecule has 2 aromatic rings. The first-order valence-electron chi connectivity index (χ1n) is 10.7. The van der Waals surface area contributed by atoms with E-state index in [0.29, 0.717) is 18.9 Å². The number of carboxylic acid groups (broad SMARTS) is 1. The van der Waals surface area contributed by atoms with E-state index in [2.05, 4.69) is 29.2 Å². The molecule has 2 aromatic heterocycles. The second-order valence-electron chi connectivity index (χ2n) is 8.17. The lowest BCUT2D eigenvalue weighted by molar-refractivity contribution is -0.143. The molecule has 2 aliphatic rings. The van der Waals surface area contributed by atoms with Crippen molar-refractivity contribution in [3.63, 3.8) is 0 Å². The summed E-state index contributed by atoms with van der Waals surface area (Å²) in [5.41, 5.74) is 4.28. The lowest BCUT2D eigenvalue weighted by atomic mass is 9.96. The van der Waals surface area contributed by atoms with E-state index in [-0.39, 0.29) is 5.92 Å². The Morgan fingerprint density at radius 3 is 2.66 bits per heavy atom. The van der Waals surface area contributed by atoms with Crippen LogP contribution >= 0.6 is 0 Å². The average Bonchev–Trinajstić information content (AvgIpc) is 3.14. The number of nitrogens with one attached hydrogen (secondary N) is 1. The number of likely N-dealkylation sites (tertiary alicyclic amines) is 1. The number of pyridine rings is 1. The maximum atomic E-state index is 11.3. The molecule has 0 spiro atoms. The van der Waals surface area contributed by atoms with Crippen molar-refractivity contribution in [2.45, 2.75) is 58.7 Å². The van der Waals surface area contributed by atoms with Crippen LogP contribution in [0.25, 0.3) is 11.0 Å². The van der Waals surface area contributed by atoms with E-state index in [0.717, 1.165) is 74.6 Å². The molecule has 158 valence electrons. The van der Waals surface area contributed by atoms with Crippen molar-refractivity contribution in [1.29, 1.82) is 0 Å². The highest BCUT2D eigenvalue weighted by Gasteiger charge is 2.27. The van der Waals surface area contributed by atoms with Gasteiger partial charge in [-0.2, -0.15) is 5.10 Å². The zero-order valence-electron chi connectivity index (χ0n) is 17.4. The van der Waals surface area contributed by atoms with Gasteiger partial charge in [0.1, 0.15) is 0 Å². The highest BCUT2D eigenvalue weighted by atomic mass is 16.5. The minimum atomic E-state index is -0.669. The molecule has 0 aliphatic carbocycles. The summed E-state index contributed by atoms with van der Waals surface area (Å²) in [4.78, 5) is 18.5. The van der Waals surface area contributed by atoms with Gasteiger partial charge in [0.15, 0.2) is 5.65 Å². The van der Waals surface area contributed by atoms with E-state index in [4.69, 9.17) is 9.72 Å². The van der Waals surface area contributed by atoms with Crippen LogP contribution in [0.2, 0.25) is 0 Å². The fourth-order valence-corrected chi connectivity index (χ4v) is 4.44.